The Morgan fingerprint density at radius 1 is 0.165 bits per heavy atom. The SMILES string of the molecule is ClCc1cc(OCCc2cc(OCc3cc(COc4cc(COc5cc(CCl)nc(CCl)c5)nc(COc5cc(CCl)nc(CCl)c5)c4)cc(COc4cc(COc5cc(CCl)nc(CCl)c5)nc(COc5cc(CCl)nc(CCl)c5)c4)c3)cc(COc3cc(CCl)nc(CCl)c3)n2)cc(CCl)n1. The summed E-state index contributed by atoms with van der Waals surface area (Å²) in [5.41, 5.74) is 13.0. The molecule has 0 aliphatic carbocycles. The van der Waals surface area contributed by atoms with E-state index in [-0.39, 0.29) is 130 Å². The molecular formula is C73H65Cl12N9O9. The first-order valence-electron chi connectivity index (χ1n) is 31.7. The molecule has 0 radical (unpaired) electrons. The summed E-state index contributed by atoms with van der Waals surface area (Å²) in [6, 6.07) is 38.0. The fourth-order valence-corrected chi connectivity index (χ4v) is 11.9. The Hall–Kier alpha value is -6.75. The fourth-order valence-electron chi connectivity index (χ4n) is 10.3. The molecule has 18 nitrogen and oxygen atoms in total. The maximum Gasteiger partial charge on any atom is 0.130 e. The van der Waals surface area contributed by atoms with E-state index in [1.807, 2.05) is 30.3 Å². The molecule has 0 spiro atoms. The first kappa shape index (κ1) is 78.8. The van der Waals surface area contributed by atoms with E-state index in [4.69, 9.17) is 197 Å². The predicted octanol–water partition coefficient (Wildman–Crippen LogP) is 19.4. The van der Waals surface area contributed by atoms with E-state index in [0.29, 0.717) is 161 Å². The number of hydrogen-bond donors (Lipinski definition) is 0. The van der Waals surface area contributed by atoms with E-state index in [0.717, 1.165) is 16.7 Å². The van der Waals surface area contributed by atoms with Crippen molar-refractivity contribution in [1.82, 2.24) is 44.9 Å². The van der Waals surface area contributed by atoms with E-state index >= 15 is 0 Å². The van der Waals surface area contributed by atoms with Crippen LogP contribution in [-0.2, 0) is 130 Å². The molecule has 10 aromatic rings. The van der Waals surface area contributed by atoms with Crippen LogP contribution in [0.3, 0.4) is 0 Å². The number of alkyl halides is 12. The van der Waals surface area contributed by atoms with Crippen molar-refractivity contribution < 1.29 is 42.6 Å². The van der Waals surface area contributed by atoms with Gasteiger partial charge in [0.25, 0.3) is 0 Å². The van der Waals surface area contributed by atoms with Gasteiger partial charge in [0, 0.05) is 121 Å². The summed E-state index contributed by atoms with van der Waals surface area (Å²) in [6.07, 6.45) is 0.380. The molecule has 0 unspecified atom stereocenters. The van der Waals surface area contributed by atoms with Crippen LogP contribution >= 0.6 is 139 Å². The Bertz CT molecular complexity index is 4000. The second-order valence-electron chi connectivity index (χ2n) is 22.7. The highest BCUT2D eigenvalue weighted by atomic mass is 35.5. The van der Waals surface area contributed by atoms with E-state index in [2.05, 4.69) is 29.9 Å². The highest BCUT2D eigenvalue weighted by Gasteiger charge is 2.17. The molecule has 1 aromatic carbocycles. The number of halogens is 12. The molecule has 9 heterocycles. The van der Waals surface area contributed by atoms with Gasteiger partial charge in [0.1, 0.15) is 105 Å². The minimum Gasteiger partial charge on any atom is -0.493 e. The quantitative estimate of drug-likeness (QED) is 0.0328. The Balaban J connectivity index is 0.974. The number of hydrogen-bond acceptors (Lipinski definition) is 18. The van der Waals surface area contributed by atoms with Crippen LogP contribution < -0.4 is 42.6 Å². The first-order valence-corrected chi connectivity index (χ1v) is 38.1. The summed E-state index contributed by atoms with van der Waals surface area (Å²) in [5.74, 6) is 6.60. The third-order valence-corrected chi connectivity index (χ3v) is 18.0. The lowest BCUT2D eigenvalue weighted by atomic mass is 10.1. The van der Waals surface area contributed by atoms with Crippen LogP contribution in [-0.4, -0.2) is 51.5 Å². The van der Waals surface area contributed by atoms with Gasteiger partial charge in [-0.15, -0.1) is 139 Å². The molecule has 0 aliphatic rings. The van der Waals surface area contributed by atoms with Crippen LogP contribution in [0.4, 0.5) is 0 Å². The zero-order valence-corrected chi connectivity index (χ0v) is 64.0. The largest absolute Gasteiger partial charge is 0.493 e. The van der Waals surface area contributed by atoms with Crippen molar-refractivity contribution in [3.8, 4) is 51.7 Å². The molecule has 0 aliphatic heterocycles. The topological polar surface area (TPSA) is 199 Å². The smallest absolute Gasteiger partial charge is 0.130 e. The summed E-state index contributed by atoms with van der Waals surface area (Å²) >= 11 is 74.5. The molecule has 9 aromatic heterocycles. The van der Waals surface area contributed by atoms with Crippen LogP contribution in [0.1, 0.15) is 119 Å². The number of aromatic nitrogens is 9. The van der Waals surface area contributed by atoms with Gasteiger partial charge < -0.3 is 42.6 Å². The van der Waals surface area contributed by atoms with Crippen LogP contribution in [0.5, 0.6) is 51.7 Å². The van der Waals surface area contributed by atoms with Crippen molar-refractivity contribution in [2.45, 2.75) is 130 Å². The minimum atomic E-state index is 0.0345. The van der Waals surface area contributed by atoms with Crippen molar-refractivity contribution >= 4 is 139 Å². The molecule has 0 bridgehead atoms. The number of pyridine rings is 9. The summed E-state index contributed by atoms with van der Waals surface area (Å²) in [5, 5.41) is 0. The third-order valence-electron chi connectivity index (χ3n) is 14.7. The zero-order valence-electron chi connectivity index (χ0n) is 54.9. The van der Waals surface area contributed by atoms with Crippen LogP contribution in [0.2, 0.25) is 0 Å². The molecule has 0 amide bonds. The minimum absolute atomic E-state index is 0.0345. The molecule has 103 heavy (non-hydrogen) atoms. The predicted molar refractivity (Wildman–Crippen MR) is 403 cm³/mol. The highest BCUT2D eigenvalue weighted by Crippen LogP contribution is 2.30. The lowest BCUT2D eigenvalue weighted by molar-refractivity contribution is 0.276. The van der Waals surface area contributed by atoms with Gasteiger partial charge in [0.05, 0.1) is 174 Å². The maximum absolute atomic E-state index is 6.74. The van der Waals surface area contributed by atoms with E-state index in [9.17, 15) is 0 Å². The summed E-state index contributed by atoms with van der Waals surface area (Å²) in [6.45, 7) is 0.653. The normalized spacial score (nSPS) is 11.2. The fraction of sp³-hybridized carbons (Fsp3) is 0.301. The van der Waals surface area contributed by atoms with Gasteiger partial charge in [-0.2, -0.15) is 0 Å². The lowest BCUT2D eigenvalue weighted by Crippen LogP contribution is -2.09. The number of benzene rings is 1. The summed E-state index contributed by atoms with van der Waals surface area (Å²) in [4.78, 5) is 41.7. The number of ether oxygens (including phenoxy) is 9. The molecule has 10 rings (SSSR count). The standard InChI is InChI=1S/C73H65Cl12N9O9/c74-24-48-7-65(8-49(25-75)87-48)95-2-1-47-6-66(19-60(86-47)39-99-67-9-50(26-76)88-51(10-67)27-77)96-36-44-3-45(37-97-72-20-61(40-100-68-11-52(28-78)89-53(12-68)29-79)93-62(21-72)41-101-69-13-54(30-80)90-55(14-69)31-81)5-46(4-44)38-98-73-22-63(42-102-70-15-56(32-82)91-57(16-70)33-83)94-64(23-73)43-103-71-17-58(34-84)92-59(18-71)35-85/h3-23H,1-2,24-43H2. The number of nitrogens with zero attached hydrogens (tertiary/aromatic N) is 9. The van der Waals surface area contributed by atoms with Gasteiger partial charge in [0.15, 0.2) is 0 Å². The number of rotatable bonds is 40. The van der Waals surface area contributed by atoms with Gasteiger partial charge in [-0.3, -0.25) is 44.9 Å². The van der Waals surface area contributed by atoms with Crippen molar-refractivity contribution in [2.24, 2.45) is 0 Å². The third kappa shape index (κ3) is 24.7. The molecule has 0 atom stereocenters. The van der Waals surface area contributed by atoms with E-state index < -0.39 is 0 Å². The van der Waals surface area contributed by atoms with Crippen molar-refractivity contribution in [1.29, 1.82) is 0 Å². The van der Waals surface area contributed by atoms with Gasteiger partial charge in [-0.25, -0.2) is 0 Å². The Kier molecular flexibility index (Phi) is 31.1. The second kappa shape index (κ2) is 40.7. The van der Waals surface area contributed by atoms with Gasteiger partial charge in [-0.1, -0.05) is 0 Å². The Morgan fingerprint density at radius 2 is 0.311 bits per heavy atom. The van der Waals surface area contributed by atoms with E-state index in [1.54, 1.807) is 97.1 Å². The summed E-state index contributed by atoms with van der Waals surface area (Å²) < 4.78 is 58.0. The molecule has 0 saturated heterocycles. The molecule has 30 heteroatoms. The molecule has 0 saturated carbocycles. The molecular weight excluding hydrogens is 1570 g/mol. The van der Waals surface area contributed by atoms with Gasteiger partial charge >= 0.3 is 0 Å². The van der Waals surface area contributed by atoms with Crippen LogP contribution in [0.15, 0.2) is 127 Å². The Labute approximate surface area is 656 Å². The second-order valence-corrected chi connectivity index (χ2v) is 25.9. The van der Waals surface area contributed by atoms with E-state index in [1.165, 1.54) is 0 Å². The average Bonchev–Trinajstić information content (AvgIpc) is 0.848. The monoisotopic (exact) mass is 1630 g/mol. The van der Waals surface area contributed by atoms with Gasteiger partial charge in [0.2, 0.25) is 0 Å². The lowest BCUT2D eigenvalue weighted by Gasteiger charge is -2.16. The first-order chi connectivity index (χ1) is 50.2. The van der Waals surface area contributed by atoms with Crippen molar-refractivity contribution in [3.63, 3.8) is 0 Å². The van der Waals surface area contributed by atoms with Crippen molar-refractivity contribution in [3.05, 3.63) is 247 Å². The zero-order chi connectivity index (χ0) is 72.5. The highest BCUT2D eigenvalue weighted by molar-refractivity contribution is 6.19. The van der Waals surface area contributed by atoms with Crippen LogP contribution in [0, 0.1) is 0 Å². The summed E-state index contributed by atoms with van der Waals surface area (Å²) in [7, 11) is 0. The molecule has 0 fully saturated rings. The average molecular weight is 1640 g/mol. The van der Waals surface area contributed by atoms with Crippen LogP contribution in [0.25, 0.3) is 0 Å². The molecule has 540 valence electrons. The van der Waals surface area contributed by atoms with Crippen molar-refractivity contribution in [2.75, 3.05) is 6.61 Å². The van der Waals surface area contributed by atoms with Gasteiger partial charge in [-0.05, 0) is 34.9 Å². The molecule has 0 N–H and O–H groups in total. The maximum atomic E-state index is 6.74. The Morgan fingerprint density at radius 3 is 0.505 bits per heavy atom.